The number of hydrogen-bond acceptors (Lipinski definition) is 18. The number of amides is 10. The van der Waals surface area contributed by atoms with E-state index >= 15 is 0 Å². The van der Waals surface area contributed by atoms with Crippen LogP contribution in [0.4, 0.5) is 0 Å². The van der Waals surface area contributed by atoms with Crippen LogP contribution in [0, 0.1) is 35.5 Å². The van der Waals surface area contributed by atoms with Crippen LogP contribution in [-0.4, -0.2) is 211 Å². The average Bonchev–Trinajstić information content (AvgIpc) is 2.99. The lowest BCUT2D eigenvalue weighted by Crippen LogP contribution is -2.65. The SMILES string of the molecule is CC(C)CC/C=C\C=C\C(=O)N[C@H](C(=O)N[C@H](C(=O)N[C@@H](C(=O)N[C@@H](CCCCN)C(=O)N[C@H](C(=O)N[C@@H](CC(=O)O)C(=O)NCC(=O)O)C(O)C(=O)O)C(C)C)C(C)NC(=O)[C@@H]1C[C@@H](C)CN1C(=O)[C@@H](NC(=O)[C@H](N)C(C)C(=O)O)C(C)C)C(C)C(=O)O. The Bertz CT molecular complexity index is 2610. The fourth-order valence-electron chi connectivity index (χ4n) is 8.85. The highest BCUT2D eigenvalue weighted by molar-refractivity contribution is 6.01. The number of carboxylic acids is 5. The molecular weight excluding hydrogens is 1180 g/mol. The lowest BCUT2D eigenvalue weighted by atomic mass is 9.98. The summed E-state index contributed by atoms with van der Waals surface area (Å²) in [6.45, 7) is 14.2. The highest BCUT2D eigenvalue weighted by Gasteiger charge is 2.45. The summed E-state index contributed by atoms with van der Waals surface area (Å²) in [4.78, 5) is 199. The molecule has 4 unspecified atom stereocenters. The molecule has 1 aliphatic rings. The molecule has 0 aromatic rings. The first-order valence-electron chi connectivity index (χ1n) is 29.0. The zero-order valence-electron chi connectivity index (χ0n) is 51.6. The van der Waals surface area contributed by atoms with Gasteiger partial charge in [-0.3, -0.25) is 67.1 Å². The summed E-state index contributed by atoms with van der Waals surface area (Å²) >= 11 is 0. The zero-order chi connectivity index (χ0) is 68.3. The molecule has 1 saturated heterocycles. The van der Waals surface area contributed by atoms with Crippen molar-refractivity contribution in [1.82, 2.24) is 52.8 Å². The number of carbonyl (C=O) groups is 15. The molecule has 0 aliphatic carbocycles. The molecule has 33 nitrogen and oxygen atoms in total. The second-order valence-electron chi connectivity index (χ2n) is 23.0. The molecule has 0 aromatic carbocycles. The minimum Gasteiger partial charge on any atom is -0.481 e. The second-order valence-corrected chi connectivity index (χ2v) is 23.0. The van der Waals surface area contributed by atoms with Crippen LogP contribution in [0.1, 0.15) is 114 Å². The van der Waals surface area contributed by atoms with Crippen molar-refractivity contribution in [1.29, 1.82) is 0 Å². The van der Waals surface area contributed by atoms with Gasteiger partial charge in [-0.1, -0.05) is 66.7 Å². The molecule has 0 saturated carbocycles. The standard InChI is InChI=1S/C56H90N12O21/c1-25(2)17-13-11-12-14-19-35(69)63-41(30(9)55(86)87)50(80)66-42(31(10)60-47(77)34-21-28(7)24-68(34)53(83)40(27(5)6)65-48(78)38(58)29(8)54(84)85)51(81)64-39(26(3)4)49(79)61-32(18-15-16-20-57)46(76)67-43(44(74)56(88)89)52(82)62-33(22-36(70)71)45(75)59-23-37(72)73/h11-12,14,19,25-34,38-44,74H,13,15-18,20-24,57-58H2,1-10H3,(H,59,75)(H,60,77)(H,61,79)(H,62,82)(H,63,69)(H,64,81)(H,65,78)(H,66,80)(H,67,76)(H,70,71)(H,72,73)(H,84,85)(H,86,87)(H,88,89)/b12-11-,19-14+/t28-,29?,30?,31?,32+,33+,34+,38-,39-,40+,41+,42+,43+,44?/m1/s1. The van der Waals surface area contributed by atoms with E-state index in [1.54, 1.807) is 32.9 Å². The van der Waals surface area contributed by atoms with Crippen LogP contribution in [0.15, 0.2) is 24.3 Å². The number of likely N-dealkylation sites (tertiary alicyclic amines) is 1. The van der Waals surface area contributed by atoms with Gasteiger partial charge in [-0.25, -0.2) is 4.79 Å². The molecule has 0 spiro atoms. The number of carboxylic acid groups (broad SMARTS) is 5. The zero-order valence-corrected chi connectivity index (χ0v) is 51.6. The number of aliphatic hydroxyl groups is 1. The number of allylic oxidation sites excluding steroid dienone is 3. The van der Waals surface area contributed by atoms with Gasteiger partial charge in [-0.15, -0.1) is 0 Å². The van der Waals surface area contributed by atoms with Crippen LogP contribution in [0.2, 0.25) is 0 Å². The maximum absolute atomic E-state index is 14.8. The summed E-state index contributed by atoms with van der Waals surface area (Å²) in [6, 6.07) is -17.8. The number of carbonyl (C=O) groups excluding carboxylic acids is 10. The maximum Gasteiger partial charge on any atom is 0.335 e. The highest BCUT2D eigenvalue weighted by Crippen LogP contribution is 2.26. The first kappa shape index (κ1) is 78.4. The summed E-state index contributed by atoms with van der Waals surface area (Å²) in [7, 11) is 0. The van der Waals surface area contributed by atoms with E-state index in [-0.39, 0.29) is 44.7 Å². The van der Waals surface area contributed by atoms with Crippen molar-refractivity contribution in [2.24, 2.45) is 47.0 Å². The molecule has 19 N–H and O–H groups in total. The molecule has 14 atom stereocenters. The van der Waals surface area contributed by atoms with Crippen LogP contribution in [0.3, 0.4) is 0 Å². The Balaban J connectivity index is 3.93. The van der Waals surface area contributed by atoms with E-state index in [9.17, 15) is 97.5 Å². The molecule has 10 amide bonds. The van der Waals surface area contributed by atoms with Crippen LogP contribution in [0.5, 0.6) is 0 Å². The van der Waals surface area contributed by atoms with Crippen molar-refractivity contribution in [3.05, 3.63) is 24.3 Å². The normalized spacial score (nSPS) is 18.1. The summed E-state index contributed by atoms with van der Waals surface area (Å²) in [6.07, 6.45) is 3.17. The van der Waals surface area contributed by atoms with Gasteiger partial charge >= 0.3 is 29.8 Å². The fourth-order valence-corrected chi connectivity index (χ4v) is 8.85. The van der Waals surface area contributed by atoms with E-state index in [1.807, 2.05) is 29.8 Å². The Labute approximate surface area is 514 Å². The Morgan fingerprint density at radius 2 is 1.08 bits per heavy atom. The van der Waals surface area contributed by atoms with Gasteiger partial charge in [0.15, 0.2) is 6.10 Å². The van der Waals surface area contributed by atoms with Crippen molar-refractivity contribution in [2.75, 3.05) is 19.6 Å². The minimum atomic E-state index is -2.81. The van der Waals surface area contributed by atoms with Crippen molar-refractivity contribution in [3.8, 4) is 0 Å². The number of nitrogens with one attached hydrogen (secondary N) is 9. The number of nitrogens with two attached hydrogens (primary N) is 2. The molecular formula is C56H90N12O21. The molecule has 1 heterocycles. The molecule has 1 fully saturated rings. The van der Waals surface area contributed by atoms with Crippen LogP contribution in [-0.2, 0) is 71.9 Å². The van der Waals surface area contributed by atoms with Gasteiger partial charge in [-0.05, 0) is 89.5 Å². The van der Waals surface area contributed by atoms with E-state index in [2.05, 4.69) is 31.9 Å². The molecule has 0 radical (unpaired) electrons. The Morgan fingerprint density at radius 3 is 1.61 bits per heavy atom. The Kier molecular flexibility index (Phi) is 33.4. The van der Waals surface area contributed by atoms with Gasteiger partial charge in [0.1, 0.15) is 54.9 Å². The third-order valence-corrected chi connectivity index (χ3v) is 14.3. The molecule has 1 rings (SSSR count). The van der Waals surface area contributed by atoms with Crippen molar-refractivity contribution >= 4 is 88.9 Å². The van der Waals surface area contributed by atoms with E-state index in [0.29, 0.717) is 12.3 Å². The van der Waals surface area contributed by atoms with Gasteiger partial charge in [0.25, 0.3) is 0 Å². The number of unbranched alkanes of at least 4 members (excludes halogenated alkanes) is 1. The van der Waals surface area contributed by atoms with Crippen molar-refractivity contribution in [2.45, 2.75) is 181 Å². The largest absolute Gasteiger partial charge is 0.481 e. The predicted molar refractivity (Wildman–Crippen MR) is 313 cm³/mol. The number of aliphatic carboxylic acids is 5. The molecule has 0 aromatic heterocycles. The molecule has 1 aliphatic heterocycles. The van der Waals surface area contributed by atoms with Gasteiger partial charge in [0.2, 0.25) is 59.1 Å². The number of nitrogens with zero attached hydrogens (tertiary/aromatic N) is 1. The number of hydrogen-bond donors (Lipinski definition) is 17. The summed E-state index contributed by atoms with van der Waals surface area (Å²) in [5.74, 6) is -24.6. The Morgan fingerprint density at radius 1 is 0.551 bits per heavy atom. The molecule has 500 valence electrons. The number of aliphatic hydroxyl groups excluding tert-OH is 1. The van der Waals surface area contributed by atoms with Gasteiger partial charge < -0.3 is 94.9 Å². The monoisotopic (exact) mass is 1270 g/mol. The summed E-state index contributed by atoms with van der Waals surface area (Å²) in [5, 5.41) is 78.6. The van der Waals surface area contributed by atoms with E-state index in [0.717, 1.165) is 19.4 Å². The molecule has 0 bridgehead atoms. The molecule has 89 heavy (non-hydrogen) atoms. The average molecular weight is 1270 g/mol. The predicted octanol–water partition coefficient (Wildman–Crippen LogP) is -4.00. The van der Waals surface area contributed by atoms with Crippen LogP contribution in [0.25, 0.3) is 0 Å². The minimum absolute atomic E-state index is 0.0137. The van der Waals surface area contributed by atoms with Crippen LogP contribution < -0.4 is 59.3 Å². The van der Waals surface area contributed by atoms with Crippen LogP contribution >= 0.6 is 0 Å². The maximum atomic E-state index is 14.8. The first-order chi connectivity index (χ1) is 41.4. The van der Waals surface area contributed by atoms with Crippen molar-refractivity contribution < 1.29 is 103 Å². The van der Waals surface area contributed by atoms with Crippen molar-refractivity contribution in [3.63, 3.8) is 0 Å². The van der Waals surface area contributed by atoms with E-state index in [1.165, 1.54) is 38.7 Å². The first-order valence-corrected chi connectivity index (χ1v) is 29.0. The van der Waals surface area contributed by atoms with E-state index < -0.39 is 192 Å². The smallest absolute Gasteiger partial charge is 0.335 e. The summed E-state index contributed by atoms with van der Waals surface area (Å²) in [5.41, 5.74) is 11.6. The summed E-state index contributed by atoms with van der Waals surface area (Å²) < 4.78 is 0. The lowest BCUT2D eigenvalue weighted by Gasteiger charge is -2.33. The quantitative estimate of drug-likeness (QED) is 0.0158. The second kappa shape index (κ2) is 38.0. The van der Waals surface area contributed by atoms with Gasteiger partial charge in [-0.2, -0.15) is 0 Å². The third-order valence-electron chi connectivity index (χ3n) is 14.3. The highest BCUT2D eigenvalue weighted by atomic mass is 16.4. The van der Waals surface area contributed by atoms with Gasteiger partial charge in [0, 0.05) is 12.6 Å². The topological polar surface area (TPSA) is 541 Å². The third kappa shape index (κ3) is 26.3. The van der Waals surface area contributed by atoms with E-state index in [4.69, 9.17) is 16.6 Å². The number of rotatable bonds is 39. The Hall–Kier alpha value is -8.59. The lowest BCUT2D eigenvalue weighted by molar-refractivity contribution is -0.153. The fraction of sp³-hybridized carbons (Fsp3) is 0.661. The van der Waals surface area contributed by atoms with Gasteiger partial charge in [0.05, 0.1) is 30.3 Å². The molecule has 33 heteroatoms.